The van der Waals surface area contributed by atoms with Crippen molar-refractivity contribution in [1.82, 2.24) is 15.2 Å². The van der Waals surface area contributed by atoms with Gasteiger partial charge in [0.1, 0.15) is 18.0 Å². The van der Waals surface area contributed by atoms with Crippen LogP contribution in [-0.2, 0) is 16.1 Å². The molecule has 0 unspecified atom stereocenters. The zero-order valence-electron chi connectivity index (χ0n) is 20.7. The monoisotopic (exact) mass is 529 g/mol. The lowest BCUT2D eigenvalue weighted by Gasteiger charge is -2.49. The zero-order chi connectivity index (χ0) is 26.9. The Hall–Kier alpha value is -3.96. The van der Waals surface area contributed by atoms with Crippen molar-refractivity contribution in [1.29, 1.82) is 0 Å². The molecule has 1 aromatic carbocycles. The lowest BCUT2D eigenvalue weighted by molar-refractivity contribution is -0.121. The summed E-state index contributed by atoms with van der Waals surface area (Å²) in [7, 11) is 0. The number of rotatable bonds is 10. The number of nitrogens with two attached hydrogens (primary N) is 1. The van der Waals surface area contributed by atoms with Gasteiger partial charge in [-0.15, -0.1) is 0 Å². The lowest BCUT2D eigenvalue weighted by atomic mass is 9.86. The highest BCUT2D eigenvalue weighted by atomic mass is 19.3. The molecule has 0 radical (unpaired) electrons. The lowest BCUT2D eigenvalue weighted by Crippen LogP contribution is -2.72. The van der Waals surface area contributed by atoms with Crippen LogP contribution in [0.5, 0.6) is 5.88 Å². The van der Waals surface area contributed by atoms with E-state index in [1.807, 2.05) is 30.3 Å². The van der Waals surface area contributed by atoms with Crippen molar-refractivity contribution in [2.24, 2.45) is 11.7 Å². The van der Waals surface area contributed by atoms with Crippen LogP contribution in [0.3, 0.4) is 0 Å². The van der Waals surface area contributed by atoms with Crippen LogP contribution in [0.1, 0.15) is 35.3 Å². The Bertz CT molecular complexity index is 1210. The molecule has 2 saturated heterocycles. The predicted molar refractivity (Wildman–Crippen MR) is 132 cm³/mol. The zero-order valence-corrected chi connectivity index (χ0v) is 20.7. The Kier molecular flexibility index (Phi) is 6.80. The Morgan fingerprint density at radius 3 is 2.39 bits per heavy atom. The van der Waals surface area contributed by atoms with E-state index in [4.69, 9.17) is 15.2 Å². The summed E-state index contributed by atoms with van der Waals surface area (Å²) in [5.74, 6) is -3.51. The molecule has 3 heterocycles. The van der Waals surface area contributed by atoms with Crippen LogP contribution in [0, 0.1) is 5.92 Å². The number of aromatic nitrogens is 1. The van der Waals surface area contributed by atoms with E-state index in [1.54, 1.807) is 0 Å². The number of pyridine rings is 1. The molecule has 38 heavy (non-hydrogen) atoms. The standard InChI is InChI=1S/C26H29F2N5O5/c27-26(28)15-32(16-26)20-9-8-19(30-23(20)37-11-18-6-7-18)22(35)31-25(10-21(29)34)13-33(14-25)24(36)38-12-17-4-2-1-3-5-17/h1-5,8-9,18H,6-7,10-16H2,(H2,29,34)(H,31,35). The first kappa shape index (κ1) is 25.7. The summed E-state index contributed by atoms with van der Waals surface area (Å²) in [6.45, 7) is -0.354. The summed E-state index contributed by atoms with van der Waals surface area (Å²) in [4.78, 5) is 44.5. The average Bonchev–Trinajstić information content (AvgIpc) is 3.67. The molecule has 2 aromatic rings. The first-order chi connectivity index (χ1) is 18.1. The number of hydrogen-bond acceptors (Lipinski definition) is 7. The van der Waals surface area contributed by atoms with Gasteiger partial charge in [0.15, 0.2) is 0 Å². The summed E-state index contributed by atoms with van der Waals surface area (Å²) in [6.07, 6.45) is 1.29. The van der Waals surface area contributed by atoms with E-state index in [9.17, 15) is 23.2 Å². The maximum absolute atomic E-state index is 13.5. The van der Waals surface area contributed by atoms with Gasteiger partial charge in [-0.2, -0.15) is 0 Å². The third-order valence-corrected chi connectivity index (χ3v) is 6.75. The minimum absolute atomic E-state index is 0.000722. The van der Waals surface area contributed by atoms with E-state index in [1.165, 1.54) is 21.9 Å². The van der Waals surface area contributed by atoms with Crippen molar-refractivity contribution in [2.45, 2.75) is 37.3 Å². The second kappa shape index (κ2) is 10.1. The number of nitrogens with one attached hydrogen (secondary N) is 1. The summed E-state index contributed by atoms with van der Waals surface area (Å²) in [5.41, 5.74) is 5.57. The van der Waals surface area contributed by atoms with Crippen LogP contribution < -0.4 is 20.7 Å². The van der Waals surface area contributed by atoms with Crippen LogP contribution in [0.25, 0.3) is 0 Å². The second-order valence-electron chi connectivity index (χ2n) is 10.3. The van der Waals surface area contributed by atoms with Gasteiger partial charge < -0.3 is 30.3 Å². The first-order valence-corrected chi connectivity index (χ1v) is 12.4. The number of ether oxygens (including phenoxy) is 2. The molecule has 3 N–H and O–H groups in total. The molecule has 0 bridgehead atoms. The Morgan fingerprint density at radius 2 is 1.76 bits per heavy atom. The fourth-order valence-corrected chi connectivity index (χ4v) is 4.57. The maximum Gasteiger partial charge on any atom is 0.410 e. The molecule has 202 valence electrons. The highest BCUT2D eigenvalue weighted by molar-refractivity contribution is 5.94. The summed E-state index contributed by atoms with van der Waals surface area (Å²) < 4.78 is 38.0. The molecule has 12 heteroatoms. The number of carbonyl (C=O) groups excluding carboxylic acids is 3. The molecule has 1 saturated carbocycles. The molecule has 1 aliphatic carbocycles. The van der Waals surface area contributed by atoms with Crippen molar-refractivity contribution in [3.63, 3.8) is 0 Å². The Morgan fingerprint density at radius 1 is 1.05 bits per heavy atom. The van der Waals surface area contributed by atoms with Gasteiger partial charge in [-0.1, -0.05) is 30.3 Å². The third-order valence-electron chi connectivity index (χ3n) is 6.75. The Labute approximate surface area is 218 Å². The van der Waals surface area contributed by atoms with Gasteiger partial charge in [-0.05, 0) is 36.5 Å². The molecule has 0 atom stereocenters. The van der Waals surface area contributed by atoms with Gasteiger partial charge in [0, 0.05) is 13.1 Å². The summed E-state index contributed by atoms with van der Waals surface area (Å²) >= 11 is 0. The minimum Gasteiger partial charge on any atom is -0.476 e. The first-order valence-electron chi connectivity index (χ1n) is 12.4. The van der Waals surface area contributed by atoms with Gasteiger partial charge in [-0.25, -0.2) is 18.6 Å². The van der Waals surface area contributed by atoms with Gasteiger partial charge in [0.2, 0.25) is 11.8 Å². The average molecular weight is 530 g/mol. The van der Waals surface area contributed by atoms with Crippen molar-refractivity contribution in [2.75, 3.05) is 37.7 Å². The number of alkyl halides is 2. The van der Waals surface area contributed by atoms with E-state index >= 15 is 0 Å². The van der Waals surface area contributed by atoms with Crippen molar-refractivity contribution >= 4 is 23.6 Å². The van der Waals surface area contributed by atoms with Gasteiger partial charge >= 0.3 is 6.09 Å². The van der Waals surface area contributed by atoms with Crippen molar-refractivity contribution < 1.29 is 32.6 Å². The van der Waals surface area contributed by atoms with Crippen LogP contribution in [0.2, 0.25) is 0 Å². The van der Waals surface area contributed by atoms with Gasteiger partial charge in [0.25, 0.3) is 11.8 Å². The molecule has 3 amide bonds. The number of primary amides is 1. The van der Waals surface area contributed by atoms with Crippen LogP contribution in [0.15, 0.2) is 42.5 Å². The van der Waals surface area contributed by atoms with Crippen molar-refractivity contribution in [3.8, 4) is 5.88 Å². The highest BCUT2D eigenvalue weighted by Crippen LogP contribution is 2.38. The molecule has 10 nitrogen and oxygen atoms in total. The van der Waals surface area contributed by atoms with E-state index in [0.29, 0.717) is 18.2 Å². The molecule has 0 spiro atoms. The number of amides is 3. The molecule has 5 rings (SSSR count). The topological polar surface area (TPSA) is 127 Å². The SMILES string of the molecule is NC(=O)CC1(NC(=O)c2ccc(N3CC(F)(F)C3)c(OCC3CC3)n2)CN(C(=O)OCc2ccccc2)C1. The maximum atomic E-state index is 13.5. The molecular formula is C26H29F2N5O5. The molecule has 3 fully saturated rings. The van der Waals surface area contributed by atoms with E-state index in [2.05, 4.69) is 10.3 Å². The number of anilines is 1. The predicted octanol–water partition coefficient (Wildman–Crippen LogP) is 2.32. The fraction of sp³-hybridized carbons (Fsp3) is 0.462. The fourth-order valence-electron chi connectivity index (χ4n) is 4.57. The van der Waals surface area contributed by atoms with E-state index in [-0.39, 0.29) is 37.7 Å². The molecule has 3 aliphatic rings. The van der Waals surface area contributed by atoms with Crippen LogP contribution >= 0.6 is 0 Å². The number of carbonyl (C=O) groups is 3. The molecule has 1 aromatic heterocycles. The van der Waals surface area contributed by atoms with Crippen LogP contribution in [0.4, 0.5) is 19.3 Å². The largest absolute Gasteiger partial charge is 0.476 e. The summed E-state index contributed by atoms with van der Waals surface area (Å²) in [5, 5.41) is 2.79. The van der Waals surface area contributed by atoms with E-state index in [0.717, 1.165) is 18.4 Å². The second-order valence-corrected chi connectivity index (χ2v) is 10.3. The number of halogens is 2. The van der Waals surface area contributed by atoms with E-state index < -0.39 is 42.5 Å². The smallest absolute Gasteiger partial charge is 0.410 e. The number of hydrogen-bond donors (Lipinski definition) is 2. The van der Waals surface area contributed by atoms with Crippen molar-refractivity contribution in [3.05, 3.63) is 53.7 Å². The quantitative estimate of drug-likeness (QED) is 0.484. The number of benzene rings is 1. The minimum atomic E-state index is -2.77. The Balaban J connectivity index is 1.24. The summed E-state index contributed by atoms with van der Waals surface area (Å²) in [6, 6.07) is 12.1. The third kappa shape index (κ3) is 5.95. The van der Waals surface area contributed by atoms with Crippen LogP contribution in [-0.4, -0.2) is 72.0 Å². The highest BCUT2D eigenvalue weighted by Gasteiger charge is 2.49. The van der Waals surface area contributed by atoms with Gasteiger partial charge in [-0.3, -0.25) is 9.59 Å². The number of likely N-dealkylation sites (tertiary alicyclic amines) is 1. The molecule has 2 aliphatic heterocycles. The number of nitrogens with zero attached hydrogens (tertiary/aromatic N) is 3. The molecular weight excluding hydrogens is 500 g/mol. The van der Waals surface area contributed by atoms with Gasteiger partial charge in [0.05, 0.1) is 31.7 Å². The normalized spacial score (nSPS) is 19.1.